The van der Waals surface area contributed by atoms with Crippen molar-refractivity contribution in [2.45, 2.75) is 19.9 Å². The van der Waals surface area contributed by atoms with Crippen molar-refractivity contribution in [2.75, 3.05) is 11.9 Å². The van der Waals surface area contributed by atoms with E-state index in [4.69, 9.17) is 5.73 Å². The Morgan fingerprint density at radius 1 is 1.67 bits per heavy atom. The van der Waals surface area contributed by atoms with Gasteiger partial charge in [0.2, 0.25) is 0 Å². The third-order valence-corrected chi connectivity index (χ3v) is 1.40. The highest BCUT2D eigenvalue weighted by Crippen LogP contribution is 2.02. The van der Waals surface area contributed by atoms with Crippen LogP contribution in [0.4, 0.5) is 5.82 Å². The van der Waals surface area contributed by atoms with Gasteiger partial charge in [-0.05, 0) is 25.5 Å². The first-order valence-corrected chi connectivity index (χ1v) is 3.97. The third-order valence-electron chi connectivity index (χ3n) is 1.40. The molecule has 0 aliphatic rings. The fourth-order valence-electron chi connectivity index (χ4n) is 0.816. The van der Waals surface area contributed by atoms with E-state index in [1.54, 1.807) is 6.20 Å². The number of aromatic nitrogens is 2. The molecule has 3 N–H and O–H groups in total. The topological polar surface area (TPSA) is 63.8 Å². The van der Waals surface area contributed by atoms with Gasteiger partial charge in [0.15, 0.2) is 0 Å². The van der Waals surface area contributed by atoms with Gasteiger partial charge in [-0.25, -0.2) is 0 Å². The summed E-state index contributed by atoms with van der Waals surface area (Å²) in [6.45, 7) is 4.64. The summed E-state index contributed by atoms with van der Waals surface area (Å²) in [5, 5.41) is 10.8. The van der Waals surface area contributed by atoms with Crippen molar-refractivity contribution in [1.29, 1.82) is 0 Å². The number of nitrogens with one attached hydrogen (secondary N) is 1. The molecule has 0 bridgehead atoms. The summed E-state index contributed by atoms with van der Waals surface area (Å²) < 4.78 is 0. The summed E-state index contributed by atoms with van der Waals surface area (Å²) in [5.41, 5.74) is 6.66. The minimum atomic E-state index is 0.132. The van der Waals surface area contributed by atoms with Crippen LogP contribution in [0.25, 0.3) is 0 Å². The molecule has 0 spiro atoms. The monoisotopic (exact) mass is 166 g/mol. The minimum absolute atomic E-state index is 0.132. The summed E-state index contributed by atoms with van der Waals surface area (Å²) >= 11 is 0. The molecular formula is C8H14N4. The van der Waals surface area contributed by atoms with Gasteiger partial charge in [-0.3, -0.25) is 0 Å². The Hall–Kier alpha value is -1.16. The molecule has 0 aromatic carbocycles. The average Bonchev–Trinajstić information content (AvgIpc) is 2.01. The minimum Gasteiger partial charge on any atom is -0.367 e. The molecule has 0 aliphatic carbocycles. The van der Waals surface area contributed by atoms with Crippen molar-refractivity contribution in [3.63, 3.8) is 0 Å². The second kappa shape index (κ2) is 4.01. The number of nitrogens with zero attached hydrogens (tertiary/aromatic N) is 2. The number of aryl methyl sites for hydroxylation is 1. The zero-order chi connectivity index (χ0) is 8.97. The fourth-order valence-corrected chi connectivity index (χ4v) is 0.816. The molecule has 1 heterocycles. The van der Waals surface area contributed by atoms with Crippen molar-refractivity contribution in [2.24, 2.45) is 5.73 Å². The third kappa shape index (κ3) is 2.84. The summed E-state index contributed by atoms with van der Waals surface area (Å²) in [5.74, 6) is 0.785. The fraction of sp³-hybridized carbons (Fsp3) is 0.500. The zero-order valence-corrected chi connectivity index (χ0v) is 7.41. The summed E-state index contributed by atoms with van der Waals surface area (Å²) in [7, 11) is 0. The molecule has 0 aliphatic heterocycles. The molecule has 1 rings (SSSR count). The van der Waals surface area contributed by atoms with Gasteiger partial charge >= 0.3 is 0 Å². The Balaban J connectivity index is 2.52. The second-order valence-corrected chi connectivity index (χ2v) is 2.98. The maximum absolute atomic E-state index is 5.57. The highest BCUT2D eigenvalue weighted by Gasteiger charge is 1.96. The first-order valence-electron chi connectivity index (χ1n) is 3.97. The predicted molar refractivity (Wildman–Crippen MR) is 48.9 cm³/mol. The van der Waals surface area contributed by atoms with Gasteiger partial charge in [0.25, 0.3) is 0 Å². The lowest BCUT2D eigenvalue weighted by molar-refractivity contribution is 0.774. The molecule has 0 saturated heterocycles. The quantitative estimate of drug-likeness (QED) is 0.688. The lowest BCUT2D eigenvalue weighted by atomic mass is 10.3. The number of nitrogens with two attached hydrogens (primary N) is 1. The SMILES string of the molecule is Cc1cnnc(NCC(C)N)c1. The Bertz CT molecular complexity index is 247. The van der Waals surface area contributed by atoms with Gasteiger partial charge in [-0.15, -0.1) is 5.10 Å². The Labute approximate surface area is 72.2 Å². The van der Waals surface area contributed by atoms with Gasteiger partial charge in [-0.2, -0.15) is 5.10 Å². The molecule has 12 heavy (non-hydrogen) atoms. The lowest BCUT2D eigenvalue weighted by Crippen LogP contribution is -2.25. The molecule has 1 aromatic heterocycles. The Morgan fingerprint density at radius 2 is 2.42 bits per heavy atom. The largest absolute Gasteiger partial charge is 0.367 e. The first kappa shape index (κ1) is 8.93. The van der Waals surface area contributed by atoms with Crippen LogP contribution in [-0.4, -0.2) is 22.8 Å². The summed E-state index contributed by atoms with van der Waals surface area (Å²) in [6.07, 6.45) is 1.72. The van der Waals surface area contributed by atoms with E-state index in [0.29, 0.717) is 0 Å². The van der Waals surface area contributed by atoms with Gasteiger partial charge in [-0.1, -0.05) is 0 Å². The Kier molecular flexibility index (Phi) is 2.99. The van der Waals surface area contributed by atoms with Crippen LogP contribution in [-0.2, 0) is 0 Å². The van der Waals surface area contributed by atoms with E-state index in [9.17, 15) is 0 Å². The molecule has 0 amide bonds. The number of rotatable bonds is 3. The summed E-state index contributed by atoms with van der Waals surface area (Å²) in [6, 6.07) is 2.07. The van der Waals surface area contributed by atoms with Gasteiger partial charge in [0.1, 0.15) is 5.82 Å². The van der Waals surface area contributed by atoms with E-state index < -0.39 is 0 Å². The maximum Gasteiger partial charge on any atom is 0.148 e. The van der Waals surface area contributed by atoms with Gasteiger partial charge in [0.05, 0.1) is 6.20 Å². The van der Waals surface area contributed by atoms with Crippen LogP contribution in [0.2, 0.25) is 0 Å². The van der Waals surface area contributed by atoms with Crippen LogP contribution in [0, 0.1) is 6.92 Å². The zero-order valence-electron chi connectivity index (χ0n) is 7.41. The molecule has 1 aromatic rings. The molecule has 1 atom stereocenters. The normalized spacial score (nSPS) is 12.6. The van der Waals surface area contributed by atoms with Gasteiger partial charge < -0.3 is 11.1 Å². The number of anilines is 1. The summed E-state index contributed by atoms with van der Waals surface area (Å²) in [4.78, 5) is 0. The van der Waals surface area contributed by atoms with Crippen LogP contribution in [0.3, 0.4) is 0 Å². The van der Waals surface area contributed by atoms with E-state index >= 15 is 0 Å². The second-order valence-electron chi connectivity index (χ2n) is 2.98. The van der Waals surface area contributed by atoms with Crippen LogP contribution in [0.5, 0.6) is 0 Å². The molecule has 4 heteroatoms. The van der Waals surface area contributed by atoms with Crippen molar-refractivity contribution >= 4 is 5.82 Å². The number of hydrogen-bond acceptors (Lipinski definition) is 4. The van der Waals surface area contributed by atoms with Crippen molar-refractivity contribution in [3.8, 4) is 0 Å². The van der Waals surface area contributed by atoms with E-state index in [1.165, 1.54) is 0 Å². The lowest BCUT2D eigenvalue weighted by Gasteiger charge is -2.07. The molecule has 4 nitrogen and oxygen atoms in total. The molecule has 0 radical (unpaired) electrons. The molecule has 0 fully saturated rings. The predicted octanol–water partition coefficient (Wildman–Crippen LogP) is 0.544. The van der Waals surface area contributed by atoms with Gasteiger partial charge in [0, 0.05) is 12.6 Å². The highest BCUT2D eigenvalue weighted by molar-refractivity contribution is 5.34. The van der Waals surface area contributed by atoms with Crippen LogP contribution < -0.4 is 11.1 Å². The number of hydrogen-bond donors (Lipinski definition) is 2. The standard InChI is InChI=1S/C8H14N4/c1-6-3-8(12-11-4-6)10-5-7(2)9/h3-4,7H,5,9H2,1-2H3,(H,10,12). The smallest absolute Gasteiger partial charge is 0.148 e. The highest BCUT2D eigenvalue weighted by atomic mass is 15.2. The van der Waals surface area contributed by atoms with Crippen molar-refractivity contribution < 1.29 is 0 Å². The molecule has 0 saturated carbocycles. The van der Waals surface area contributed by atoms with Crippen LogP contribution in [0.1, 0.15) is 12.5 Å². The first-order chi connectivity index (χ1) is 5.68. The van der Waals surface area contributed by atoms with E-state index in [-0.39, 0.29) is 6.04 Å². The van der Waals surface area contributed by atoms with E-state index in [2.05, 4.69) is 15.5 Å². The molecule has 66 valence electrons. The van der Waals surface area contributed by atoms with Crippen molar-refractivity contribution in [3.05, 3.63) is 17.8 Å². The average molecular weight is 166 g/mol. The van der Waals surface area contributed by atoms with Crippen LogP contribution in [0.15, 0.2) is 12.3 Å². The van der Waals surface area contributed by atoms with E-state index in [1.807, 2.05) is 19.9 Å². The maximum atomic E-state index is 5.57. The van der Waals surface area contributed by atoms with E-state index in [0.717, 1.165) is 17.9 Å². The van der Waals surface area contributed by atoms with Crippen molar-refractivity contribution in [1.82, 2.24) is 10.2 Å². The van der Waals surface area contributed by atoms with Crippen LogP contribution >= 0.6 is 0 Å². The molecular weight excluding hydrogens is 152 g/mol. The Morgan fingerprint density at radius 3 is 3.00 bits per heavy atom. The molecule has 1 unspecified atom stereocenters.